The largest absolute Gasteiger partial charge is 0.493 e. The third kappa shape index (κ3) is 6.11. The van der Waals surface area contributed by atoms with E-state index in [4.69, 9.17) is 14.2 Å². The Morgan fingerprint density at radius 3 is 2.41 bits per heavy atom. The van der Waals surface area contributed by atoms with Gasteiger partial charge in [0.05, 0.1) is 38.1 Å². The lowest BCUT2D eigenvalue weighted by molar-refractivity contribution is 0.0632. The van der Waals surface area contributed by atoms with Crippen molar-refractivity contribution in [3.05, 3.63) is 30.4 Å². The first kappa shape index (κ1) is 27.7. The maximum Gasteiger partial charge on any atom is 0.411 e. The molecule has 2 rings (SSSR count). The Bertz CT molecular complexity index is 898. The molecule has 3 N–H and O–H groups in total. The number of likely N-dealkylation sites (tertiary alicyclic amines) is 1. The lowest BCUT2D eigenvalue weighted by Crippen LogP contribution is -2.44. The molecule has 1 aliphatic heterocycles. The molecule has 10 heteroatoms. The Morgan fingerprint density at radius 2 is 1.88 bits per heavy atom. The van der Waals surface area contributed by atoms with Crippen LogP contribution in [0.15, 0.2) is 24.8 Å². The normalized spacial score (nSPS) is 18.4. The van der Waals surface area contributed by atoms with Crippen molar-refractivity contribution in [1.29, 1.82) is 0 Å². The molecule has 2 amide bonds. The molecule has 1 fully saturated rings. The number of hydrogen-bond acceptors (Lipinski definition) is 7. The highest BCUT2D eigenvalue weighted by Crippen LogP contribution is 2.45. The summed E-state index contributed by atoms with van der Waals surface area (Å²) in [5.74, 6) is 0.367. The average Bonchev–Trinajstić information content (AvgIpc) is 3.17. The van der Waals surface area contributed by atoms with Gasteiger partial charge in [-0.2, -0.15) is 0 Å². The monoisotopic (exact) mass is 494 g/mol. The molecule has 0 bridgehead atoms. The number of methoxy groups -OCH3 is 2. The Morgan fingerprint density at radius 1 is 1.26 bits per heavy atom. The summed E-state index contributed by atoms with van der Waals surface area (Å²) in [5.41, 5.74) is 0.407. The van der Waals surface area contributed by atoms with E-state index in [1.807, 2.05) is 26.9 Å². The van der Waals surface area contributed by atoms with Crippen LogP contribution in [0.1, 0.15) is 37.0 Å². The third-order valence-corrected chi connectivity index (χ3v) is 10.4. The van der Waals surface area contributed by atoms with Crippen LogP contribution in [0.3, 0.4) is 0 Å². The van der Waals surface area contributed by atoms with E-state index in [2.05, 4.69) is 11.9 Å². The van der Waals surface area contributed by atoms with Crippen molar-refractivity contribution in [2.45, 2.75) is 50.9 Å². The minimum absolute atomic E-state index is 0.0170. The number of nitrogens with zero attached hydrogens (tertiary/aromatic N) is 1. The van der Waals surface area contributed by atoms with Crippen molar-refractivity contribution < 1.29 is 33.7 Å². The van der Waals surface area contributed by atoms with E-state index < -0.39 is 20.5 Å². The number of nitrogens with one attached hydrogen (secondary N) is 1. The van der Waals surface area contributed by atoms with Crippen LogP contribution in [-0.4, -0.2) is 75.1 Å². The maximum absolute atomic E-state index is 13.7. The van der Waals surface area contributed by atoms with Crippen molar-refractivity contribution >= 4 is 26.0 Å². The van der Waals surface area contributed by atoms with E-state index in [0.29, 0.717) is 30.9 Å². The number of anilines is 1. The van der Waals surface area contributed by atoms with Gasteiger partial charge in [0.25, 0.3) is 5.91 Å². The number of hydrogen-bond donors (Lipinski definition) is 3. The average molecular weight is 495 g/mol. The highest BCUT2D eigenvalue weighted by Gasteiger charge is 2.45. The second kappa shape index (κ2) is 11.2. The molecule has 1 aliphatic rings. The zero-order valence-electron chi connectivity index (χ0n) is 21.0. The topological polar surface area (TPSA) is 118 Å². The number of rotatable bonds is 10. The lowest BCUT2D eigenvalue weighted by Gasteiger charge is -2.38. The van der Waals surface area contributed by atoms with Gasteiger partial charge in [-0.25, -0.2) is 4.79 Å². The molecule has 34 heavy (non-hydrogen) atoms. The molecular formula is C24H38N2O7Si. The van der Waals surface area contributed by atoms with Crippen molar-refractivity contribution in [2.75, 3.05) is 39.3 Å². The van der Waals surface area contributed by atoms with Crippen molar-refractivity contribution in [3.63, 3.8) is 0 Å². The van der Waals surface area contributed by atoms with E-state index in [0.717, 1.165) is 0 Å². The summed E-state index contributed by atoms with van der Waals surface area (Å²) in [4.78, 5) is 38.2. The van der Waals surface area contributed by atoms with E-state index in [9.17, 15) is 19.5 Å². The number of ether oxygens (including phenoxy) is 3. The molecule has 1 heterocycles. The van der Waals surface area contributed by atoms with Gasteiger partial charge in [0, 0.05) is 12.6 Å². The fourth-order valence-corrected chi connectivity index (χ4v) is 4.92. The van der Waals surface area contributed by atoms with E-state index in [1.54, 1.807) is 4.90 Å². The molecule has 0 saturated carbocycles. The Kier molecular flexibility index (Phi) is 9.15. The van der Waals surface area contributed by atoms with Gasteiger partial charge in [-0.15, -0.1) is 0 Å². The van der Waals surface area contributed by atoms with Gasteiger partial charge in [0.2, 0.25) is 0 Å². The summed E-state index contributed by atoms with van der Waals surface area (Å²) in [6, 6.07) is 2.61. The molecule has 0 unspecified atom stereocenters. The van der Waals surface area contributed by atoms with Crippen LogP contribution in [-0.2, 0) is 4.74 Å². The molecule has 9 nitrogen and oxygen atoms in total. The van der Waals surface area contributed by atoms with Crippen molar-refractivity contribution in [2.24, 2.45) is 5.92 Å². The van der Waals surface area contributed by atoms with Gasteiger partial charge in [0.15, 0.2) is 19.8 Å². The second-order valence-corrected chi connectivity index (χ2v) is 14.2. The number of aliphatic hydroxyl groups excluding tert-OH is 1. The molecule has 2 atom stereocenters. The van der Waals surface area contributed by atoms with E-state index in [1.165, 1.54) is 32.4 Å². The van der Waals surface area contributed by atoms with Crippen LogP contribution in [0.4, 0.5) is 10.5 Å². The fraction of sp³-hybridized carbons (Fsp3) is 0.583. The van der Waals surface area contributed by atoms with Crippen LogP contribution in [0.5, 0.6) is 11.5 Å². The van der Waals surface area contributed by atoms with E-state index in [-0.39, 0.29) is 41.3 Å². The van der Waals surface area contributed by atoms with Gasteiger partial charge in [-0.05, 0) is 43.0 Å². The summed E-state index contributed by atoms with van der Waals surface area (Å²) < 4.78 is 15.7. The number of aliphatic hydroxyl groups is 1. The molecule has 1 aromatic carbocycles. The van der Waals surface area contributed by atoms with Crippen LogP contribution >= 0.6 is 0 Å². The number of carbonyl (C=O) groups excluding carboxylic acids is 2. The SMILES string of the molecule is C=CCOC(=O)Nc1cc(OC)c(OC)cc1C(=O)N1CC[C@H](CC(C)(C)[Si](C)(C)O)[C@H]1CO. The number of amides is 2. The summed E-state index contributed by atoms with van der Waals surface area (Å²) in [6.07, 6.45) is 2.11. The third-order valence-electron chi connectivity index (χ3n) is 6.89. The molecular weight excluding hydrogens is 456 g/mol. The summed E-state index contributed by atoms with van der Waals surface area (Å²) in [5, 5.41) is 12.5. The minimum Gasteiger partial charge on any atom is -0.493 e. The molecule has 0 radical (unpaired) electrons. The Labute approximate surface area is 202 Å². The molecule has 1 aromatic rings. The summed E-state index contributed by atoms with van der Waals surface area (Å²) >= 11 is 0. The van der Waals surface area contributed by atoms with Crippen molar-refractivity contribution in [3.8, 4) is 11.5 Å². The van der Waals surface area contributed by atoms with E-state index >= 15 is 0 Å². The second-order valence-electron chi connectivity index (χ2n) is 9.71. The van der Waals surface area contributed by atoms with Crippen LogP contribution in [0, 0.1) is 5.92 Å². The van der Waals surface area contributed by atoms with Crippen LogP contribution in [0.2, 0.25) is 18.1 Å². The summed E-state index contributed by atoms with van der Waals surface area (Å²) in [7, 11) is 0.466. The number of carbonyl (C=O) groups is 2. The predicted molar refractivity (Wildman–Crippen MR) is 133 cm³/mol. The van der Waals surface area contributed by atoms with Gasteiger partial charge < -0.3 is 29.0 Å². The van der Waals surface area contributed by atoms with Crippen LogP contribution in [0.25, 0.3) is 0 Å². The molecule has 0 aliphatic carbocycles. The smallest absolute Gasteiger partial charge is 0.411 e. The lowest BCUT2D eigenvalue weighted by atomic mass is 9.90. The Balaban J connectivity index is 2.38. The van der Waals surface area contributed by atoms with Gasteiger partial charge in [0.1, 0.15) is 6.61 Å². The fourth-order valence-electron chi connectivity index (χ4n) is 4.16. The first-order valence-electron chi connectivity index (χ1n) is 11.3. The first-order valence-corrected chi connectivity index (χ1v) is 14.3. The summed E-state index contributed by atoms with van der Waals surface area (Å²) in [6.45, 7) is 11.7. The standard InChI is InChI=1S/C24H38N2O7Si/c1-8-11-33-23(29)25-18-13-21(32-5)20(31-4)12-17(18)22(28)26-10-9-16(19(26)15-27)14-24(2,3)34(6,7)30/h8,12-13,16,19,27,30H,1,9-11,14-15H2,2-7H3,(H,25,29)/t16-,19-/m1/s1. The zero-order chi connectivity index (χ0) is 25.7. The van der Waals surface area contributed by atoms with Gasteiger partial charge >= 0.3 is 6.09 Å². The quantitative estimate of drug-likeness (QED) is 0.336. The highest BCUT2D eigenvalue weighted by atomic mass is 28.4. The van der Waals surface area contributed by atoms with Gasteiger partial charge in [-0.3, -0.25) is 10.1 Å². The van der Waals surface area contributed by atoms with Crippen LogP contribution < -0.4 is 14.8 Å². The van der Waals surface area contributed by atoms with Gasteiger partial charge in [-0.1, -0.05) is 26.5 Å². The first-order chi connectivity index (χ1) is 15.9. The predicted octanol–water partition coefficient (Wildman–Crippen LogP) is 3.63. The molecule has 0 aromatic heterocycles. The maximum atomic E-state index is 13.7. The minimum atomic E-state index is -2.45. The molecule has 1 saturated heterocycles. The van der Waals surface area contributed by atoms with Crippen molar-refractivity contribution in [1.82, 2.24) is 4.90 Å². The molecule has 190 valence electrons. The Hall–Kier alpha value is -2.56. The molecule has 0 spiro atoms. The zero-order valence-corrected chi connectivity index (χ0v) is 22.0. The number of benzene rings is 1. The highest BCUT2D eigenvalue weighted by molar-refractivity contribution is 6.72.